The summed E-state index contributed by atoms with van der Waals surface area (Å²) in [4.78, 5) is 28.6. The number of ether oxygens (including phenoxy) is 1. The van der Waals surface area contributed by atoms with Gasteiger partial charge in [-0.2, -0.15) is 0 Å². The Hall–Kier alpha value is -2.53. The number of amides is 2. The number of benzene rings is 2. The lowest BCUT2D eigenvalue weighted by atomic mass is 10.1. The highest BCUT2D eigenvalue weighted by Crippen LogP contribution is 2.16. The van der Waals surface area contributed by atoms with Gasteiger partial charge in [-0.05, 0) is 42.0 Å². The second-order valence-corrected chi connectivity index (χ2v) is 6.64. The van der Waals surface area contributed by atoms with Crippen LogP contribution < -0.4 is 4.74 Å². The Morgan fingerprint density at radius 2 is 1.65 bits per heavy atom. The highest BCUT2D eigenvalue weighted by molar-refractivity contribution is 6.30. The third kappa shape index (κ3) is 4.35. The van der Waals surface area contributed by atoms with Crippen molar-refractivity contribution in [2.45, 2.75) is 6.42 Å². The van der Waals surface area contributed by atoms with E-state index in [9.17, 15) is 9.59 Å². The van der Waals surface area contributed by atoms with Crippen LogP contribution in [0, 0.1) is 0 Å². The molecule has 1 fully saturated rings. The second-order valence-electron chi connectivity index (χ2n) is 6.21. The lowest BCUT2D eigenvalue weighted by molar-refractivity contribution is -0.131. The summed E-state index contributed by atoms with van der Waals surface area (Å²) in [6.07, 6.45) is 0.326. The van der Waals surface area contributed by atoms with Crippen LogP contribution in [0.4, 0.5) is 0 Å². The number of hydrogen-bond acceptors (Lipinski definition) is 3. The first kappa shape index (κ1) is 18.3. The van der Waals surface area contributed by atoms with Crippen molar-refractivity contribution in [2.24, 2.45) is 0 Å². The molecule has 2 aromatic rings. The fourth-order valence-electron chi connectivity index (χ4n) is 3.01. The highest BCUT2D eigenvalue weighted by Gasteiger charge is 2.24. The first-order chi connectivity index (χ1) is 12.6. The first-order valence-corrected chi connectivity index (χ1v) is 8.90. The molecule has 0 spiro atoms. The van der Waals surface area contributed by atoms with E-state index in [4.69, 9.17) is 16.3 Å². The van der Waals surface area contributed by atoms with Gasteiger partial charge in [0.25, 0.3) is 5.91 Å². The molecule has 0 unspecified atom stereocenters. The second kappa shape index (κ2) is 8.23. The fraction of sp³-hybridized carbons (Fsp3) is 0.300. The summed E-state index contributed by atoms with van der Waals surface area (Å²) >= 11 is 5.97. The van der Waals surface area contributed by atoms with Crippen molar-refractivity contribution in [1.29, 1.82) is 0 Å². The lowest BCUT2D eigenvalue weighted by Crippen LogP contribution is -2.51. The molecule has 136 valence electrons. The summed E-state index contributed by atoms with van der Waals surface area (Å²) in [5.74, 6) is 0.761. The van der Waals surface area contributed by atoms with E-state index < -0.39 is 0 Å². The van der Waals surface area contributed by atoms with Gasteiger partial charge in [0, 0.05) is 36.8 Å². The van der Waals surface area contributed by atoms with E-state index in [0.29, 0.717) is 43.2 Å². The molecule has 0 saturated carbocycles. The van der Waals surface area contributed by atoms with Gasteiger partial charge in [0.15, 0.2) is 0 Å². The van der Waals surface area contributed by atoms with E-state index in [-0.39, 0.29) is 11.8 Å². The SMILES string of the molecule is COc1ccc(C(=O)N2CCN(C(=O)Cc3cccc(Cl)c3)CC2)cc1. The van der Waals surface area contributed by atoms with Gasteiger partial charge in [0.2, 0.25) is 5.91 Å². The summed E-state index contributed by atoms with van der Waals surface area (Å²) in [5.41, 5.74) is 1.53. The predicted molar refractivity (Wildman–Crippen MR) is 101 cm³/mol. The predicted octanol–water partition coefficient (Wildman–Crippen LogP) is 2.88. The van der Waals surface area contributed by atoms with Gasteiger partial charge in [-0.3, -0.25) is 9.59 Å². The molecular weight excluding hydrogens is 352 g/mol. The van der Waals surface area contributed by atoms with Gasteiger partial charge in [-0.1, -0.05) is 23.7 Å². The minimum absolute atomic E-state index is 0.0189. The molecular formula is C20H21ClN2O3. The zero-order valence-corrected chi connectivity index (χ0v) is 15.4. The molecule has 0 atom stereocenters. The average molecular weight is 373 g/mol. The number of carbonyl (C=O) groups excluding carboxylic acids is 2. The smallest absolute Gasteiger partial charge is 0.253 e. The normalized spacial score (nSPS) is 14.2. The van der Waals surface area contributed by atoms with Gasteiger partial charge in [-0.15, -0.1) is 0 Å². The van der Waals surface area contributed by atoms with E-state index >= 15 is 0 Å². The number of hydrogen-bond donors (Lipinski definition) is 0. The van der Waals surface area contributed by atoms with Gasteiger partial charge < -0.3 is 14.5 Å². The third-order valence-electron chi connectivity index (χ3n) is 4.50. The van der Waals surface area contributed by atoms with E-state index in [1.165, 1.54) is 0 Å². The first-order valence-electron chi connectivity index (χ1n) is 8.52. The van der Waals surface area contributed by atoms with Crippen LogP contribution >= 0.6 is 11.6 Å². The fourth-order valence-corrected chi connectivity index (χ4v) is 3.22. The lowest BCUT2D eigenvalue weighted by Gasteiger charge is -2.35. The summed E-state index contributed by atoms with van der Waals surface area (Å²) in [6.45, 7) is 2.15. The molecule has 1 saturated heterocycles. The maximum absolute atomic E-state index is 12.6. The molecule has 1 heterocycles. The Labute approximate surface area is 158 Å². The van der Waals surface area contributed by atoms with E-state index in [1.54, 1.807) is 47.2 Å². The molecule has 0 N–H and O–H groups in total. The zero-order valence-electron chi connectivity index (χ0n) is 14.7. The van der Waals surface area contributed by atoms with Crippen LogP contribution in [0.25, 0.3) is 0 Å². The third-order valence-corrected chi connectivity index (χ3v) is 4.74. The van der Waals surface area contributed by atoms with Crippen LogP contribution in [0.5, 0.6) is 5.75 Å². The van der Waals surface area contributed by atoms with Crippen molar-refractivity contribution < 1.29 is 14.3 Å². The van der Waals surface area contributed by atoms with Crippen LogP contribution in [0.15, 0.2) is 48.5 Å². The molecule has 2 amide bonds. The van der Waals surface area contributed by atoms with Gasteiger partial charge in [0.1, 0.15) is 5.75 Å². The Morgan fingerprint density at radius 3 is 2.27 bits per heavy atom. The Bertz CT molecular complexity index is 784. The Kier molecular flexibility index (Phi) is 5.78. The molecule has 2 aromatic carbocycles. The standard InChI is InChI=1S/C20H21ClN2O3/c1-26-18-7-5-16(6-8-18)20(25)23-11-9-22(10-12-23)19(24)14-15-3-2-4-17(21)13-15/h2-8,13H,9-12,14H2,1H3. The minimum atomic E-state index is -0.0189. The van der Waals surface area contributed by atoms with Crippen molar-refractivity contribution in [3.05, 3.63) is 64.7 Å². The number of carbonyl (C=O) groups is 2. The topological polar surface area (TPSA) is 49.9 Å². The van der Waals surface area contributed by atoms with Crippen LogP contribution in [0.1, 0.15) is 15.9 Å². The van der Waals surface area contributed by atoms with Crippen LogP contribution in [0.3, 0.4) is 0 Å². The molecule has 0 aromatic heterocycles. The van der Waals surface area contributed by atoms with E-state index in [2.05, 4.69) is 0 Å². The largest absolute Gasteiger partial charge is 0.497 e. The van der Waals surface area contributed by atoms with Crippen molar-refractivity contribution in [3.8, 4) is 5.75 Å². The van der Waals surface area contributed by atoms with Crippen LogP contribution in [0.2, 0.25) is 5.02 Å². The van der Waals surface area contributed by atoms with Gasteiger partial charge in [0.05, 0.1) is 13.5 Å². The highest BCUT2D eigenvalue weighted by atomic mass is 35.5. The molecule has 3 rings (SSSR count). The summed E-state index contributed by atoms with van der Waals surface area (Å²) < 4.78 is 5.11. The quantitative estimate of drug-likeness (QED) is 0.829. The average Bonchev–Trinajstić information content (AvgIpc) is 2.67. The van der Waals surface area contributed by atoms with Crippen molar-refractivity contribution in [2.75, 3.05) is 33.3 Å². The monoisotopic (exact) mass is 372 g/mol. The number of methoxy groups -OCH3 is 1. The molecule has 5 nitrogen and oxygen atoms in total. The molecule has 26 heavy (non-hydrogen) atoms. The molecule has 0 radical (unpaired) electrons. The van der Waals surface area contributed by atoms with Crippen molar-refractivity contribution in [1.82, 2.24) is 9.80 Å². The number of rotatable bonds is 4. The molecule has 1 aliphatic heterocycles. The summed E-state index contributed by atoms with van der Waals surface area (Å²) in [5, 5.41) is 0.630. The van der Waals surface area contributed by atoms with Gasteiger partial charge in [-0.25, -0.2) is 0 Å². The van der Waals surface area contributed by atoms with E-state index in [0.717, 1.165) is 11.3 Å². The maximum Gasteiger partial charge on any atom is 0.253 e. The zero-order chi connectivity index (χ0) is 18.5. The minimum Gasteiger partial charge on any atom is -0.497 e. The Morgan fingerprint density at radius 1 is 1.00 bits per heavy atom. The van der Waals surface area contributed by atoms with Crippen molar-refractivity contribution >= 4 is 23.4 Å². The molecule has 6 heteroatoms. The molecule has 0 bridgehead atoms. The van der Waals surface area contributed by atoms with Crippen LogP contribution in [-0.2, 0) is 11.2 Å². The summed E-state index contributed by atoms with van der Waals surface area (Å²) in [7, 11) is 1.59. The number of halogens is 1. The summed E-state index contributed by atoms with van der Waals surface area (Å²) in [6, 6.07) is 14.4. The van der Waals surface area contributed by atoms with E-state index in [1.807, 2.05) is 18.2 Å². The Balaban J connectivity index is 1.54. The van der Waals surface area contributed by atoms with Crippen molar-refractivity contribution in [3.63, 3.8) is 0 Å². The van der Waals surface area contributed by atoms with Gasteiger partial charge >= 0.3 is 0 Å². The number of nitrogens with zero attached hydrogens (tertiary/aromatic N) is 2. The number of piperazine rings is 1. The van der Waals surface area contributed by atoms with Crippen LogP contribution in [-0.4, -0.2) is 54.9 Å². The molecule has 0 aliphatic carbocycles. The maximum atomic E-state index is 12.6. The molecule has 1 aliphatic rings.